The second-order valence-corrected chi connectivity index (χ2v) is 6.94. The standard InChI is InChI=1S/C18H22O3/c1-20-14-6-7-15-16(19)11-18(21-17(15)9-14)8-2-3-13(10-18)12-4-5-12/h6-7,9,12-13H,2-5,8,10-11H2,1H3. The van der Waals surface area contributed by atoms with Gasteiger partial charge in [-0.15, -0.1) is 0 Å². The molecule has 1 spiro atoms. The molecule has 1 aromatic carbocycles. The van der Waals surface area contributed by atoms with Gasteiger partial charge in [0.25, 0.3) is 0 Å². The molecule has 1 aliphatic heterocycles. The molecule has 0 aromatic heterocycles. The molecule has 0 radical (unpaired) electrons. The van der Waals surface area contributed by atoms with Crippen LogP contribution in [0.1, 0.15) is 55.3 Å². The van der Waals surface area contributed by atoms with E-state index in [0.717, 1.165) is 41.7 Å². The van der Waals surface area contributed by atoms with Crippen LogP contribution in [0.5, 0.6) is 11.5 Å². The van der Waals surface area contributed by atoms with Gasteiger partial charge < -0.3 is 9.47 Å². The summed E-state index contributed by atoms with van der Waals surface area (Å²) in [6, 6.07) is 5.55. The largest absolute Gasteiger partial charge is 0.497 e. The van der Waals surface area contributed by atoms with E-state index in [-0.39, 0.29) is 11.4 Å². The van der Waals surface area contributed by atoms with E-state index in [4.69, 9.17) is 9.47 Å². The number of hydrogen-bond donors (Lipinski definition) is 0. The number of Topliss-reactive ketones (excluding diaryl/α,β-unsaturated/α-hetero) is 1. The van der Waals surface area contributed by atoms with Gasteiger partial charge in [-0.1, -0.05) is 0 Å². The monoisotopic (exact) mass is 286 g/mol. The molecule has 0 amide bonds. The van der Waals surface area contributed by atoms with Crippen LogP contribution in [0, 0.1) is 11.8 Å². The number of hydrogen-bond acceptors (Lipinski definition) is 3. The molecule has 21 heavy (non-hydrogen) atoms. The van der Waals surface area contributed by atoms with Gasteiger partial charge in [0.05, 0.1) is 19.1 Å². The number of carbonyl (C=O) groups is 1. The van der Waals surface area contributed by atoms with Crippen LogP contribution in [0.4, 0.5) is 0 Å². The van der Waals surface area contributed by atoms with Gasteiger partial charge in [0, 0.05) is 6.07 Å². The second-order valence-electron chi connectivity index (χ2n) is 6.94. The van der Waals surface area contributed by atoms with Gasteiger partial charge >= 0.3 is 0 Å². The third-order valence-electron chi connectivity index (χ3n) is 5.43. The Morgan fingerprint density at radius 1 is 1.24 bits per heavy atom. The summed E-state index contributed by atoms with van der Waals surface area (Å²) >= 11 is 0. The van der Waals surface area contributed by atoms with Gasteiger partial charge in [0.2, 0.25) is 0 Å². The summed E-state index contributed by atoms with van der Waals surface area (Å²) in [5.74, 6) is 3.37. The Hall–Kier alpha value is -1.51. The highest BCUT2D eigenvalue weighted by molar-refractivity contribution is 6.00. The molecule has 2 unspecified atom stereocenters. The van der Waals surface area contributed by atoms with E-state index in [1.807, 2.05) is 18.2 Å². The van der Waals surface area contributed by atoms with Crippen LogP contribution in [0.2, 0.25) is 0 Å². The first-order chi connectivity index (χ1) is 10.2. The summed E-state index contributed by atoms with van der Waals surface area (Å²) < 4.78 is 11.6. The zero-order chi connectivity index (χ0) is 14.4. The first-order valence-electron chi connectivity index (χ1n) is 8.09. The fraction of sp³-hybridized carbons (Fsp3) is 0.611. The van der Waals surface area contributed by atoms with Crippen molar-refractivity contribution in [1.82, 2.24) is 0 Å². The van der Waals surface area contributed by atoms with Gasteiger partial charge in [-0.3, -0.25) is 4.79 Å². The Bertz CT molecular complexity index is 576. The average Bonchev–Trinajstić information content (AvgIpc) is 3.31. The molecule has 2 saturated carbocycles. The summed E-state index contributed by atoms with van der Waals surface area (Å²) in [6.07, 6.45) is 7.87. The summed E-state index contributed by atoms with van der Waals surface area (Å²) in [4.78, 5) is 12.5. The number of carbonyl (C=O) groups excluding carboxylic acids is 1. The van der Waals surface area contributed by atoms with Crippen molar-refractivity contribution in [2.24, 2.45) is 11.8 Å². The quantitative estimate of drug-likeness (QED) is 0.824. The molecule has 112 valence electrons. The van der Waals surface area contributed by atoms with Crippen molar-refractivity contribution in [3.8, 4) is 11.5 Å². The molecular formula is C18H22O3. The molecule has 0 saturated heterocycles. The number of methoxy groups -OCH3 is 1. The second kappa shape index (κ2) is 4.75. The van der Waals surface area contributed by atoms with Gasteiger partial charge in [0.15, 0.2) is 5.78 Å². The van der Waals surface area contributed by atoms with Crippen LogP contribution < -0.4 is 9.47 Å². The highest BCUT2D eigenvalue weighted by Crippen LogP contribution is 2.50. The fourth-order valence-corrected chi connectivity index (χ4v) is 4.19. The lowest BCUT2D eigenvalue weighted by Crippen LogP contribution is -2.46. The first-order valence-corrected chi connectivity index (χ1v) is 8.09. The summed E-state index contributed by atoms with van der Waals surface area (Å²) in [5.41, 5.74) is 0.470. The Kier molecular flexibility index (Phi) is 2.98. The molecule has 3 nitrogen and oxygen atoms in total. The number of ketones is 1. The van der Waals surface area contributed by atoms with Crippen molar-refractivity contribution in [2.45, 2.75) is 50.5 Å². The van der Waals surface area contributed by atoms with Crippen LogP contribution in [0.3, 0.4) is 0 Å². The molecule has 0 N–H and O–H groups in total. The van der Waals surface area contributed by atoms with Crippen LogP contribution in [0.15, 0.2) is 18.2 Å². The van der Waals surface area contributed by atoms with Gasteiger partial charge in [-0.25, -0.2) is 0 Å². The molecule has 0 bridgehead atoms. The molecule has 4 rings (SSSR count). The predicted molar refractivity (Wildman–Crippen MR) is 80.0 cm³/mol. The van der Waals surface area contributed by atoms with E-state index in [1.54, 1.807) is 7.11 Å². The number of benzene rings is 1. The lowest BCUT2D eigenvalue weighted by Gasteiger charge is -2.43. The maximum atomic E-state index is 12.5. The van der Waals surface area contributed by atoms with Gasteiger partial charge in [0.1, 0.15) is 17.1 Å². The van der Waals surface area contributed by atoms with Crippen LogP contribution in [0.25, 0.3) is 0 Å². The Morgan fingerprint density at radius 2 is 2.10 bits per heavy atom. The molecule has 1 aromatic rings. The zero-order valence-electron chi connectivity index (χ0n) is 12.6. The third-order valence-corrected chi connectivity index (χ3v) is 5.43. The lowest BCUT2D eigenvalue weighted by molar-refractivity contribution is -0.00752. The molecule has 3 aliphatic rings. The normalized spacial score (nSPS) is 31.7. The lowest BCUT2D eigenvalue weighted by atomic mass is 9.72. The van der Waals surface area contributed by atoms with Crippen LogP contribution in [-0.2, 0) is 0 Å². The Morgan fingerprint density at radius 3 is 2.86 bits per heavy atom. The van der Waals surface area contributed by atoms with Crippen molar-refractivity contribution < 1.29 is 14.3 Å². The third kappa shape index (κ3) is 2.33. The van der Waals surface area contributed by atoms with Crippen LogP contribution in [-0.4, -0.2) is 18.5 Å². The van der Waals surface area contributed by atoms with E-state index < -0.39 is 0 Å². The number of rotatable bonds is 2. The highest BCUT2D eigenvalue weighted by atomic mass is 16.5. The predicted octanol–water partition coefficient (Wildman–Crippen LogP) is 4.00. The summed E-state index contributed by atoms with van der Waals surface area (Å²) in [7, 11) is 1.64. The van der Waals surface area contributed by atoms with Gasteiger partial charge in [-0.05, 0) is 62.5 Å². The molecule has 2 aliphatic carbocycles. The molecule has 1 heterocycles. The molecule has 2 fully saturated rings. The van der Waals surface area contributed by atoms with E-state index >= 15 is 0 Å². The van der Waals surface area contributed by atoms with E-state index in [9.17, 15) is 4.79 Å². The SMILES string of the molecule is COc1ccc2c(c1)OC1(CCCC(C3CC3)C1)CC2=O. The van der Waals surface area contributed by atoms with E-state index in [0.29, 0.717) is 6.42 Å². The number of ether oxygens (including phenoxy) is 2. The molecular weight excluding hydrogens is 264 g/mol. The Balaban J connectivity index is 1.64. The minimum Gasteiger partial charge on any atom is -0.497 e. The minimum absolute atomic E-state index is 0.232. The van der Waals surface area contributed by atoms with Crippen molar-refractivity contribution in [3.63, 3.8) is 0 Å². The fourth-order valence-electron chi connectivity index (χ4n) is 4.19. The highest BCUT2D eigenvalue weighted by Gasteiger charge is 2.47. The maximum absolute atomic E-state index is 12.5. The number of fused-ring (bicyclic) bond motifs is 1. The average molecular weight is 286 g/mol. The Labute approximate surface area is 125 Å². The van der Waals surface area contributed by atoms with Crippen LogP contribution >= 0.6 is 0 Å². The molecule has 2 atom stereocenters. The van der Waals surface area contributed by atoms with Crippen molar-refractivity contribution in [1.29, 1.82) is 0 Å². The zero-order valence-corrected chi connectivity index (χ0v) is 12.6. The molecule has 3 heteroatoms. The van der Waals surface area contributed by atoms with E-state index in [1.165, 1.54) is 25.7 Å². The topological polar surface area (TPSA) is 35.5 Å². The van der Waals surface area contributed by atoms with Gasteiger partial charge in [-0.2, -0.15) is 0 Å². The summed E-state index contributed by atoms with van der Waals surface area (Å²) in [5, 5.41) is 0. The van der Waals surface area contributed by atoms with Crippen molar-refractivity contribution in [3.05, 3.63) is 23.8 Å². The maximum Gasteiger partial charge on any atom is 0.170 e. The smallest absolute Gasteiger partial charge is 0.170 e. The first kappa shape index (κ1) is 13.2. The van der Waals surface area contributed by atoms with E-state index in [2.05, 4.69) is 0 Å². The van der Waals surface area contributed by atoms with Crippen molar-refractivity contribution in [2.75, 3.05) is 7.11 Å². The summed E-state index contributed by atoms with van der Waals surface area (Å²) in [6.45, 7) is 0. The minimum atomic E-state index is -0.248. The van der Waals surface area contributed by atoms with Crippen molar-refractivity contribution >= 4 is 5.78 Å².